The molecule has 0 amide bonds. The summed E-state index contributed by atoms with van der Waals surface area (Å²) in [5, 5.41) is 3.20. The van der Waals surface area contributed by atoms with E-state index in [1.165, 1.54) is 11.1 Å². The first kappa shape index (κ1) is 14.3. The van der Waals surface area contributed by atoms with Gasteiger partial charge in [0.25, 0.3) is 0 Å². The Morgan fingerprint density at radius 1 is 1.32 bits per heavy atom. The summed E-state index contributed by atoms with van der Waals surface area (Å²) in [6.07, 6.45) is -3.63. The molecular weight excluding hydrogens is 255 g/mol. The van der Waals surface area contributed by atoms with Crippen LogP contribution in [0.1, 0.15) is 17.5 Å². The summed E-state index contributed by atoms with van der Waals surface area (Å²) in [7, 11) is 0. The van der Waals surface area contributed by atoms with Gasteiger partial charge in [0.1, 0.15) is 6.61 Å². The lowest BCUT2D eigenvalue weighted by Gasteiger charge is -2.43. The van der Waals surface area contributed by atoms with Gasteiger partial charge in [-0.3, -0.25) is 0 Å². The molecule has 1 N–H and O–H groups in total. The molecule has 1 aromatic carbocycles. The molecule has 2 nitrogen and oxygen atoms in total. The molecule has 0 unspecified atom stereocenters. The Morgan fingerprint density at radius 2 is 2.05 bits per heavy atom. The van der Waals surface area contributed by atoms with E-state index in [9.17, 15) is 13.2 Å². The average molecular weight is 273 g/mol. The fourth-order valence-corrected chi connectivity index (χ4v) is 2.38. The SMILES string of the molecule is Cc1cccc(C2(CCOCC(F)(F)F)CNC2)c1. The monoisotopic (exact) mass is 273 g/mol. The number of benzene rings is 1. The maximum atomic E-state index is 12.0. The van der Waals surface area contributed by atoms with Crippen LogP contribution in [0.25, 0.3) is 0 Å². The van der Waals surface area contributed by atoms with Gasteiger partial charge >= 0.3 is 6.18 Å². The van der Waals surface area contributed by atoms with Crippen LogP contribution in [0.2, 0.25) is 0 Å². The Labute approximate surface area is 111 Å². The Kier molecular flexibility index (Phi) is 4.16. The summed E-state index contributed by atoms with van der Waals surface area (Å²) >= 11 is 0. The van der Waals surface area contributed by atoms with Crippen LogP contribution in [-0.4, -0.2) is 32.5 Å². The van der Waals surface area contributed by atoms with Gasteiger partial charge in [-0.2, -0.15) is 13.2 Å². The molecule has 1 aromatic rings. The molecule has 0 bridgehead atoms. The lowest BCUT2D eigenvalue weighted by Crippen LogP contribution is -2.57. The number of aryl methyl sites for hydroxylation is 1. The highest BCUT2D eigenvalue weighted by molar-refractivity contribution is 5.33. The van der Waals surface area contributed by atoms with Crippen LogP contribution in [0.15, 0.2) is 24.3 Å². The van der Waals surface area contributed by atoms with Crippen molar-refractivity contribution in [3.05, 3.63) is 35.4 Å². The molecule has 0 spiro atoms. The summed E-state index contributed by atoms with van der Waals surface area (Å²) in [6.45, 7) is 2.58. The second-order valence-corrected chi connectivity index (χ2v) is 5.17. The van der Waals surface area contributed by atoms with E-state index in [2.05, 4.69) is 11.4 Å². The van der Waals surface area contributed by atoms with Gasteiger partial charge in [0.05, 0.1) is 0 Å². The van der Waals surface area contributed by atoms with Crippen LogP contribution >= 0.6 is 0 Å². The van der Waals surface area contributed by atoms with Crippen LogP contribution in [0.4, 0.5) is 13.2 Å². The van der Waals surface area contributed by atoms with E-state index in [1.807, 2.05) is 25.1 Å². The minimum absolute atomic E-state index is 0.0718. The van der Waals surface area contributed by atoms with Crippen molar-refractivity contribution in [3.63, 3.8) is 0 Å². The zero-order valence-electron chi connectivity index (χ0n) is 10.9. The molecule has 106 valence electrons. The van der Waals surface area contributed by atoms with Gasteiger partial charge in [-0.15, -0.1) is 0 Å². The van der Waals surface area contributed by atoms with Crippen LogP contribution in [-0.2, 0) is 10.2 Å². The van der Waals surface area contributed by atoms with Gasteiger partial charge in [0, 0.05) is 25.1 Å². The van der Waals surface area contributed by atoms with Crippen molar-refractivity contribution < 1.29 is 17.9 Å². The molecule has 1 fully saturated rings. The van der Waals surface area contributed by atoms with Gasteiger partial charge in [-0.25, -0.2) is 0 Å². The van der Waals surface area contributed by atoms with Crippen LogP contribution in [0, 0.1) is 6.92 Å². The Hall–Kier alpha value is -1.07. The standard InChI is InChI=1S/C14H18F3NO/c1-11-3-2-4-12(7-11)13(8-18-9-13)5-6-19-10-14(15,16)17/h2-4,7,18H,5-6,8-10H2,1H3. The van der Waals surface area contributed by atoms with Crippen molar-refractivity contribution in [1.82, 2.24) is 5.32 Å². The van der Waals surface area contributed by atoms with Crippen molar-refractivity contribution in [2.45, 2.75) is 24.9 Å². The van der Waals surface area contributed by atoms with Crippen molar-refractivity contribution in [1.29, 1.82) is 0 Å². The van der Waals surface area contributed by atoms with E-state index in [1.54, 1.807) is 0 Å². The summed E-state index contributed by atoms with van der Waals surface area (Å²) in [5.74, 6) is 0. The number of hydrogen-bond donors (Lipinski definition) is 1. The molecule has 0 saturated carbocycles. The van der Waals surface area contributed by atoms with Crippen molar-refractivity contribution in [2.75, 3.05) is 26.3 Å². The molecule has 0 radical (unpaired) electrons. The first-order chi connectivity index (χ1) is 8.91. The van der Waals surface area contributed by atoms with E-state index in [0.29, 0.717) is 6.42 Å². The molecule has 19 heavy (non-hydrogen) atoms. The van der Waals surface area contributed by atoms with Crippen molar-refractivity contribution in [2.24, 2.45) is 0 Å². The van der Waals surface area contributed by atoms with Gasteiger partial charge in [0.15, 0.2) is 0 Å². The Morgan fingerprint density at radius 3 is 2.58 bits per heavy atom. The molecule has 0 atom stereocenters. The normalized spacial score (nSPS) is 18.1. The third-order valence-corrected chi connectivity index (χ3v) is 3.55. The van der Waals surface area contributed by atoms with E-state index in [4.69, 9.17) is 4.74 Å². The zero-order chi connectivity index (χ0) is 13.9. The number of alkyl halides is 3. The maximum Gasteiger partial charge on any atom is 0.411 e. The summed E-state index contributed by atoms with van der Waals surface area (Å²) in [5.41, 5.74) is 2.28. The van der Waals surface area contributed by atoms with Crippen LogP contribution in [0.3, 0.4) is 0 Å². The van der Waals surface area contributed by atoms with Gasteiger partial charge < -0.3 is 10.1 Å². The molecular formula is C14H18F3NO. The van der Waals surface area contributed by atoms with Crippen LogP contribution < -0.4 is 5.32 Å². The number of nitrogens with one attached hydrogen (secondary N) is 1. The molecule has 5 heteroatoms. The number of halogens is 3. The largest absolute Gasteiger partial charge is 0.411 e. The quantitative estimate of drug-likeness (QED) is 0.833. The molecule has 1 saturated heterocycles. The highest BCUT2D eigenvalue weighted by Crippen LogP contribution is 2.32. The topological polar surface area (TPSA) is 21.3 Å². The van der Waals surface area contributed by atoms with Gasteiger partial charge in [-0.05, 0) is 18.9 Å². The minimum Gasteiger partial charge on any atom is -0.372 e. The molecule has 0 aromatic heterocycles. The molecule has 1 heterocycles. The van der Waals surface area contributed by atoms with E-state index in [-0.39, 0.29) is 12.0 Å². The molecule has 1 aliphatic rings. The van der Waals surface area contributed by atoms with Crippen molar-refractivity contribution >= 4 is 0 Å². The highest BCUT2D eigenvalue weighted by atomic mass is 19.4. The molecule has 1 aliphatic heterocycles. The van der Waals surface area contributed by atoms with Crippen LogP contribution in [0.5, 0.6) is 0 Å². The summed E-state index contributed by atoms with van der Waals surface area (Å²) < 4.78 is 40.8. The average Bonchev–Trinajstić information content (AvgIpc) is 2.25. The fraction of sp³-hybridized carbons (Fsp3) is 0.571. The highest BCUT2D eigenvalue weighted by Gasteiger charge is 2.38. The third kappa shape index (κ3) is 3.70. The number of rotatable bonds is 5. The summed E-state index contributed by atoms with van der Waals surface area (Å²) in [6, 6.07) is 8.15. The Bertz CT molecular complexity index is 427. The smallest absolute Gasteiger partial charge is 0.372 e. The van der Waals surface area contributed by atoms with Gasteiger partial charge in [-0.1, -0.05) is 29.8 Å². The third-order valence-electron chi connectivity index (χ3n) is 3.55. The maximum absolute atomic E-state index is 12.0. The Balaban J connectivity index is 1.92. The van der Waals surface area contributed by atoms with E-state index >= 15 is 0 Å². The first-order valence-corrected chi connectivity index (χ1v) is 6.34. The zero-order valence-corrected chi connectivity index (χ0v) is 10.9. The molecule has 0 aliphatic carbocycles. The predicted molar refractivity (Wildman–Crippen MR) is 67.2 cm³/mol. The van der Waals surface area contributed by atoms with E-state index in [0.717, 1.165) is 13.1 Å². The first-order valence-electron chi connectivity index (χ1n) is 6.34. The number of hydrogen-bond acceptors (Lipinski definition) is 2. The minimum atomic E-state index is -4.24. The number of ether oxygens (including phenoxy) is 1. The second-order valence-electron chi connectivity index (χ2n) is 5.17. The second kappa shape index (κ2) is 5.51. The fourth-order valence-electron chi connectivity index (χ4n) is 2.38. The lowest BCUT2D eigenvalue weighted by molar-refractivity contribution is -0.175. The van der Waals surface area contributed by atoms with Gasteiger partial charge in [0.2, 0.25) is 0 Å². The summed E-state index contributed by atoms with van der Waals surface area (Å²) in [4.78, 5) is 0. The predicted octanol–water partition coefficient (Wildman–Crippen LogP) is 2.81. The molecule has 2 rings (SSSR count). The van der Waals surface area contributed by atoms with Crippen molar-refractivity contribution in [3.8, 4) is 0 Å². The van der Waals surface area contributed by atoms with E-state index < -0.39 is 12.8 Å². The lowest BCUT2D eigenvalue weighted by atomic mass is 9.72.